The van der Waals surface area contributed by atoms with Gasteiger partial charge in [0.2, 0.25) is 5.91 Å². The number of nitrogens with two attached hydrogens (primary N) is 1. The molecule has 1 amide bonds. The lowest BCUT2D eigenvalue weighted by Gasteiger charge is -2.34. The summed E-state index contributed by atoms with van der Waals surface area (Å²) < 4.78 is 0. The van der Waals surface area contributed by atoms with Gasteiger partial charge in [0.05, 0.1) is 27.3 Å². The molecule has 7 heteroatoms. The molecule has 0 spiro atoms. The summed E-state index contributed by atoms with van der Waals surface area (Å²) in [5.41, 5.74) is 6.44. The SMILES string of the molecule is CC1CN(CC(=O)Nc2cc(Cl)c(Cl)cc2Cl)CCC1N. The lowest BCUT2D eigenvalue weighted by atomic mass is 9.95. The lowest BCUT2D eigenvalue weighted by Crippen LogP contribution is -2.48. The number of likely N-dealkylation sites (tertiary alicyclic amines) is 1. The number of nitrogens with one attached hydrogen (secondary N) is 1. The Bertz CT molecular complexity index is 538. The number of nitrogens with zero attached hydrogens (tertiary/aromatic N) is 1. The van der Waals surface area contributed by atoms with Crippen molar-refractivity contribution in [1.29, 1.82) is 0 Å². The highest BCUT2D eigenvalue weighted by atomic mass is 35.5. The molecule has 4 nitrogen and oxygen atoms in total. The summed E-state index contributed by atoms with van der Waals surface area (Å²) >= 11 is 17.8. The number of piperidine rings is 1. The van der Waals surface area contributed by atoms with Crippen molar-refractivity contribution in [2.75, 3.05) is 25.0 Å². The molecule has 0 radical (unpaired) electrons. The van der Waals surface area contributed by atoms with Crippen LogP contribution in [0.25, 0.3) is 0 Å². The van der Waals surface area contributed by atoms with Crippen molar-refractivity contribution in [3.8, 4) is 0 Å². The van der Waals surface area contributed by atoms with Crippen molar-refractivity contribution in [3.05, 3.63) is 27.2 Å². The zero-order valence-electron chi connectivity index (χ0n) is 11.7. The quantitative estimate of drug-likeness (QED) is 0.823. The first-order valence-corrected chi connectivity index (χ1v) is 7.92. The molecule has 1 aliphatic rings. The van der Waals surface area contributed by atoms with Crippen LogP contribution >= 0.6 is 34.8 Å². The molecule has 0 aliphatic carbocycles. The average Bonchev–Trinajstić information content (AvgIpc) is 2.40. The molecule has 116 valence electrons. The number of carbonyl (C=O) groups excluding carboxylic acids is 1. The van der Waals surface area contributed by atoms with Crippen LogP contribution in [0.15, 0.2) is 12.1 Å². The highest BCUT2D eigenvalue weighted by molar-refractivity contribution is 6.44. The first-order chi connectivity index (χ1) is 9.86. The van der Waals surface area contributed by atoms with Crippen molar-refractivity contribution in [2.45, 2.75) is 19.4 Å². The van der Waals surface area contributed by atoms with E-state index < -0.39 is 0 Å². The molecule has 2 unspecified atom stereocenters. The number of benzene rings is 1. The number of anilines is 1. The predicted octanol–water partition coefficient (Wildman–Crippen LogP) is 3.25. The van der Waals surface area contributed by atoms with Gasteiger partial charge in [0.1, 0.15) is 0 Å². The van der Waals surface area contributed by atoms with Gasteiger partial charge in [-0.15, -0.1) is 0 Å². The molecule has 0 saturated carbocycles. The molecule has 21 heavy (non-hydrogen) atoms. The fraction of sp³-hybridized carbons (Fsp3) is 0.500. The van der Waals surface area contributed by atoms with Crippen LogP contribution in [0.3, 0.4) is 0 Å². The Morgan fingerprint density at radius 3 is 2.67 bits per heavy atom. The second-order valence-electron chi connectivity index (χ2n) is 5.46. The maximum Gasteiger partial charge on any atom is 0.238 e. The number of hydrogen-bond donors (Lipinski definition) is 2. The lowest BCUT2D eigenvalue weighted by molar-refractivity contribution is -0.117. The molecule has 1 saturated heterocycles. The van der Waals surface area contributed by atoms with E-state index in [1.807, 2.05) is 0 Å². The van der Waals surface area contributed by atoms with E-state index in [-0.39, 0.29) is 11.9 Å². The number of carbonyl (C=O) groups is 1. The van der Waals surface area contributed by atoms with E-state index in [2.05, 4.69) is 17.1 Å². The van der Waals surface area contributed by atoms with Crippen molar-refractivity contribution in [3.63, 3.8) is 0 Å². The largest absolute Gasteiger partial charge is 0.327 e. The first-order valence-electron chi connectivity index (χ1n) is 6.79. The Balaban J connectivity index is 1.95. The van der Waals surface area contributed by atoms with E-state index >= 15 is 0 Å². The third-order valence-corrected chi connectivity index (χ3v) is 4.74. The van der Waals surface area contributed by atoms with Crippen LogP contribution in [0.5, 0.6) is 0 Å². The van der Waals surface area contributed by atoms with E-state index in [4.69, 9.17) is 40.5 Å². The van der Waals surface area contributed by atoms with Gasteiger partial charge in [-0.05, 0) is 24.5 Å². The van der Waals surface area contributed by atoms with Crippen LogP contribution in [0.4, 0.5) is 5.69 Å². The molecule has 0 aromatic heterocycles. The molecular weight excluding hydrogens is 333 g/mol. The molecule has 1 aliphatic heterocycles. The Kier molecular flexibility index (Phi) is 5.74. The molecular formula is C14H18Cl3N3O. The normalized spacial score (nSPS) is 23.1. The highest BCUT2D eigenvalue weighted by Gasteiger charge is 2.24. The fourth-order valence-electron chi connectivity index (χ4n) is 2.40. The second-order valence-corrected chi connectivity index (χ2v) is 6.68. The van der Waals surface area contributed by atoms with Gasteiger partial charge in [0, 0.05) is 19.1 Å². The molecule has 3 N–H and O–H groups in total. The first kappa shape index (κ1) is 16.8. The third-order valence-electron chi connectivity index (χ3n) is 3.71. The fourth-order valence-corrected chi connectivity index (χ4v) is 3.00. The Morgan fingerprint density at radius 2 is 2.00 bits per heavy atom. The summed E-state index contributed by atoms with van der Waals surface area (Å²) in [7, 11) is 0. The van der Waals surface area contributed by atoms with Crippen LogP contribution in [0.2, 0.25) is 15.1 Å². The van der Waals surface area contributed by atoms with Gasteiger partial charge in [-0.3, -0.25) is 9.69 Å². The number of hydrogen-bond acceptors (Lipinski definition) is 3. The summed E-state index contributed by atoms with van der Waals surface area (Å²) in [6.45, 7) is 4.07. The molecule has 1 aromatic carbocycles. The van der Waals surface area contributed by atoms with Gasteiger partial charge in [-0.1, -0.05) is 41.7 Å². The van der Waals surface area contributed by atoms with Gasteiger partial charge in [-0.25, -0.2) is 0 Å². The monoisotopic (exact) mass is 349 g/mol. The van der Waals surface area contributed by atoms with Gasteiger partial charge in [0.15, 0.2) is 0 Å². The van der Waals surface area contributed by atoms with Gasteiger partial charge >= 0.3 is 0 Å². The molecule has 1 aromatic rings. The van der Waals surface area contributed by atoms with Crippen LogP contribution in [0.1, 0.15) is 13.3 Å². The van der Waals surface area contributed by atoms with Gasteiger partial charge < -0.3 is 11.1 Å². The minimum Gasteiger partial charge on any atom is -0.327 e. The van der Waals surface area contributed by atoms with E-state index in [1.54, 1.807) is 6.07 Å². The van der Waals surface area contributed by atoms with Crippen LogP contribution in [-0.2, 0) is 4.79 Å². The zero-order valence-corrected chi connectivity index (χ0v) is 14.0. The summed E-state index contributed by atoms with van der Waals surface area (Å²) in [4.78, 5) is 14.2. The topological polar surface area (TPSA) is 58.4 Å². The van der Waals surface area contributed by atoms with Crippen LogP contribution in [0, 0.1) is 5.92 Å². The average molecular weight is 351 g/mol. The van der Waals surface area contributed by atoms with Crippen molar-refractivity contribution < 1.29 is 4.79 Å². The highest BCUT2D eigenvalue weighted by Crippen LogP contribution is 2.32. The van der Waals surface area contributed by atoms with Gasteiger partial charge in [-0.2, -0.15) is 0 Å². The maximum atomic E-state index is 12.1. The van der Waals surface area contributed by atoms with Crippen molar-refractivity contribution in [1.82, 2.24) is 4.90 Å². The Labute approximate surface area is 139 Å². The zero-order chi connectivity index (χ0) is 15.6. The number of amides is 1. The number of halogens is 3. The maximum absolute atomic E-state index is 12.1. The Morgan fingerprint density at radius 1 is 1.33 bits per heavy atom. The molecule has 1 heterocycles. The molecule has 2 rings (SSSR count). The summed E-state index contributed by atoms with van der Waals surface area (Å²) in [5, 5.41) is 3.85. The molecule has 2 atom stereocenters. The minimum atomic E-state index is -0.127. The minimum absolute atomic E-state index is 0.127. The van der Waals surface area contributed by atoms with Crippen molar-refractivity contribution >= 4 is 46.4 Å². The standard InChI is InChI=1S/C14H18Cl3N3O/c1-8-6-20(3-2-12(8)18)7-14(21)19-13-5-10(16)9(15)4-11(13)17/h4-5,8,12H,2-3,6-7,18H2,1H3,(H,19,21). The third kappa shape index (κ3) is 4.47. The summed E-state index contributed by atoms with van der Waals surface area (Å²) in [5.74, 6) is 0.262. The van der Waals surface area contributed by atoms with Crippen molar-refractivity contribution in [2.24, 2.45) is 11.7 Å². The summed E-state index contributed by atoms with van der Waals surface area (Å²) in [6, 6.07) is 3.29. The van der Waals surface area contributed by atoms with Gasteiger partial charge in [0.25, 0.3) is 0 Å². The molecule has 0 bridgehead atoms. The Hall–Kier alpha value is -0.520. The number of rotatable bonds is 3. The molecule has 1 fully saturated rings. The summed E-state index contributed by atoms with van der Waals surface area (Å²) in [6.07, 6.45) is 0.905. The van der Waals surface area contributed by atoms with Crippen LogP contribution < -0.4 is 11.1 Å². The van der Waals surface area contributed by atoms with E-state index in [0.29, 0.717) is 33.2 Å². The smallest absolute Gasteiger partial charge is 0.238 e. The second kappa shape index (κ2) is 7.16. The van der Waals surface area contributed by atoms with E-state index in [9.17, 15) is 4.79 Å². The van der Waals surface area contributed by atoms with E-state index in [0.717, 1.165) is 19.5 Å². The van der Waals surface area contributed by atoms with E-state index in [1.165, 1.54) is 6.07 Å². The van der Waals surface area contributed by atoms with Crippen LogP contribution in [-0.4, -0.2) is 36.5 Å². The predicted molar refractivity (Wildman–Crippen MR) is 88.3 cm³/mol.